The number of rotatable bonds is 1. The summed E-state index contributed by atoms with van der Waals surface area (Å²) in [5.41, 5.74) is 1.81. The summed E-state index contributed by atoms with van der Waals surface area (Å²) in [6.45, 7) is 5.92. The number of aromatic nitrogens is 2. The standard InChI is InChI=1S/C5H10O2.C4H2N2/c1-5(2,3)7-4-6;1-3-4(5-1)2-6-3/h4H,1-3H3;1-2H. The van der Waals surface area contributed by atoms with Crippen molar-refractivity contribution >= 4 is 6.47 Å². The summed E-state index contributed by atoms with van der Waals surface area (Å²) in [6, 6.07) is 0. The van der Waals surface area contributed by atoms with Gasteiger partial charge in [0.25, 0.3) is 6.47 Å². The number of carbonyl (C=O) groups excluding carboxylic acids is 1. The van der Waals surface area contributed by atoms with Crippen molar-refractivity contribution in [3.05, 3.63) is 12.4 Å². The fraction of sp³-hybridized carbons (Fsp3) is 0.444. The average Bonchev–Trinajstić information content (AvgIpc) is 1.95. The molecule has 0 unspecified atom stereocenters. The van der Waals surface area contributed by atoms with E-state index < -0.39 is 0 Å². The average molecular weight is 180 g/mol. The van der Waals surface area contributed by atoms with Gasteiger partial charge in [-0.3, -0.25) is 14.8 Å². The van der Waals surface area contributed by atoms with E-state index in [4.69, 9.17) is 0 Å². The first-order valence-corrected chi connectivity index (χ1v) is 3.97. The van der Waals surface area contributed by atoms with Crippen molar-refractivity contribution in [3.63, 3.8) is 0 Å². The van der Waals surface area contributed by atoms with Gasteiger partial charge in [-0.05, 0) is 20.8 Å². The van der Waals surface area contributed by atoms with E-state index in [0.717, 1.165) is 11.4 Å². The second-order valence-corrected chi connectivity index (χ2v) is 3.61. The first kappa shape index (κ1) is 9.64. The molecule has 0 bridgehead atoms. The Balaban J connectivity index is 0.000000130. The fourth-order valence-electron chi connectivity index (χ4n) is 0.605. The summed E-state index contributed by atoms with van der Waals surface area (Å²) in [7, 11) is 0. The summed E-state index contributed by atoms with van der Waals surface area (Å²) >= 11 is 0. The topological polar surface area (TPSA) is 52.1 Å². The van der Waals surface area contributed by atoms with Gasteiger partial charge in [-0.2, -0.15) is 0 Å². The highest BCUT2D eigenvalue weighted by Gasteiger charge is 2.09. The Morgan fingerprint density at radius 1 is 1.23 bits per heavy atom. The molecule has 2 aliphatic rings. The number of carbonyl (C=O) groups is 1. The van der Waals surface area contributed by atoms with E-state index in [-0.39, 0.29) is 5.60 Å². The Kier molecular flexibility index (Phi) is 2.60. The molecule has 0 radical (unpaired) electrons. The van der Waals surface area contributed by atoms with E-state index in [2.05, 4.69) is 14.7 Å². The monoisotopic (exact) mass is 180 g/mol. The molecule has 0 aromatic rings. The van der Waals surface area contributed by atoms with Crippen molar-refractivity contribution in [1.29, 1.82) is 0 Å². The van der Waals surface area contributed by atoms with Crippen LogP contribution in [0.3, 0.4) is 0 Å². The normalized spacial score (nSPS) is 11.0. The lowest BCUT2D eigenvalue weighted by Gasteiger charge is -2.14. The number of hydrogen-bond acceptors (Lipinski definition) is 4. The molecule has 0 aromatic carbocycles. The van der Waals surface area contributed by atoms with Crippen LogP contribution in [0.5, 0.6) is 0 Å². The lowest BCUT2D eigenvalue weighted by Crippen LogP contribution is -2.17. The largest absolute Gasteiger partial charge is 0.462 e. The van der Waals surface area contributed by atoms with Crippen LogP contribution in [0.1, 0.15) is 20.8 Å². The Morgan fingerprint density at radius 2 is 1.69 bits per heavy atom. The maximum Gasteiger partial charge on any atom is 0.293 e. The van der Waals surface area contributed by atoms with Crippen LogP contribution in [0.2, 0.25) is 0 Å². The van der Waals surface area contributed by atoms with Crippen molar-refractivity contribution in [3.8, 4) is 11.4 Å². The number of fused-ring (bicyclic) bond motifs is 1. The van der Waals surface area contributed by atoms with Gasteiger partial charge < -0.3 is 4.74 Å². The molecule has 0 saturated carbocycles. The molecule has 0 aromatic heterocycles. The first-order chi connectivity index (χ1) is 6.03. The summed E-state index contributed by atoms with van der Waals surface area (Å²) in [4.78, 5) is 17.3. The van der Waals surface area contributed by atoms with Crippen LogP contribution in [-0.2, 0) is 9.53 Å². The highest BCUT2D eigenvalue weighted by Crippen LogP contribution is 2.20. The van der Waals surface area contributed by atoms with Crippen LogP contribution in [-0.4, -0.2) is 22.0 Å². The van der Waals surface area contributed by atoms with Gasteiger partial charge in [-0.1, -0.05) is 0 Å². The third kappa shape index (κ3) is 2.82. The van der Waals surface area contributed by atoms with E-state index in [0.29, 0.717) is 6.47 Å². The smallest absolute Gasteiger partial charge is 0.293 e. The predicted octanol–water partition coefficient (Wildman–Crippen LogP) is 1.41. The molecule has 13 heavy (non-hydrogen) atoms. The van der Waals surface area contributed by atoms with E-state index in [1.54, 1.807) is 12.4 Å². The minimum atomic E-state index is -0.318. The summed E-state index contributed by atoms with van der Waals surface area (Å²) in [6.07, 6.45) is 3.52. The Hall–Kier alpha value is -1.45. The molecular weight excluding hydrogens is 168 g/mol. The molecule has 0 saturated heterocycles. The van der Waals surface area contributed by atoms with Gasteiger partial charge in [0.1, 0.15) is 17.0 Å². The van der Waals surface area contributed by atoms with Gasteiger partial charge >= 0.3 is 0 Å². The van der Waals surface area contributed by atoms with Crippen LogP contribution in [0, 0.1) is 0 Å². The second-order valence-electron chi connectivity index (χ2n) is 3.61. The van der Waals surface area contributed by atoms with Gasteiger partial charge in [-0.25, -0.2) is 0 Å². The first-order valence-electron chi connectivity index (χ1n) is 3.97. The molecule has 0 N–H and O–H groups in total. The Labute approximate surface area is 77.0 Å². The van der Waals surface area contributed by atoms with E-state index >= 15 is 0 Å². The van der Waals surface area contributed by atoms with Gasteiger partial charge in [0.05, 0.1) is 12.4 Å². The van der Waals surface area contributed by atoms with Crippen LogP contribution in [0.15, 0.2) is 12.4 Å². The molecule has 0 atom stereocenters. The van der Waals surface area contributed by atoms with Crippen LogP contribution < -0.4 is 0 Å². The van der Waals surface area contributed by atoms with Gasteiger partial charge in [0.2, 0.25) is 0 Å². The molecule has 4 heteroatoms. The van der Waals surface area contributed by atoms with Crippen molar-refractivity contribution in [2.45, 2.75) is 26.4 Å². The van der Waals surface area contributed by atoms with Crippen molar-refractivity contribution in [2.75, 3.05) is 0 Å². The Bertz CT molecular complexity index is 266. The van der Waals surface area contributed by atoms with Crippen molar-refractivity contribution in [2.24, 2.45) is 0 Å². The molecule has 0 fully saturated rings. The molecule has 0 aliphatic carbocycles. The van der Waals surface area contributed by atoms with Crippen LogP contribution >= 0.6 is 0 Å². The number of nitrogens with zero attached hydrogens (tertiary/aromatic N) is 2. The molecule has 2 aliphatic heterocycles. The maximum atomic E-state index is 9.60. The van der Waals surface area contributed by atoms with Gasteiger partial charge in [0, 0.05) is 0 Å². The molecular formula is C9H12N2O2. The maximum absolute atomic E-state index is 9.60. The van der Waals surface area contributed by atoms with Crippen LogP contribution in [0.25, 0.3) is 11.4 Å². The van der Waals surface area contributed by atoms with E-state index in [9.17, 15) is 4.79 Å². The lowest BCUT2D eigenvalue weighted by molar-refractivity contribution is -0.138. The molecule has 2 rings (SSSR count). The van der Waals surface area contributed by atoms with E-state index in [1.165, 1.54) is 0 Å². The van der Waals surface area contributed by atoms with Gasteiger partial charge in [-0.15, -0.1) is 0 Å². The summed E-state index contributed by atoms with van der Waals surface area (Å²) in [5, 5.41) is 0. The third-order valence-electron chi connectivity index (χ3n) is 1.32. The molecule has 70 valence electrons. The quantitative estimate of drug-likeness (QED) is 0.623. The molecule has 4 nitrogen and oxygen atoms in total. The lowest BCUT2D eigenvalue weighted by atomic mass is 10.2. The molecule has 0 spiro atoms. The van der Waals surface area contributed by atoms with Crippen LogP contribution in [0.4, 0.5) is 0 Å². The van der Waals surface area contributed by atoms with E-state index in [1.807, 2.05) is 20.8 Å². The van der Waals surface area contributed by atoms with Crippen molar-refractivity contribution in [1.82, 2.24) is 9.97 Å². The minimum absolute atomic E-state index is 0.318. The fourth-order valence-corrected chi connectivity index (χ4v) is 0.605. The van der Waals surface area contributed by atoms with Crippen molar-refractivity contribution < 1.29 is 9.53 Å². The highest BCUT2D eigenvalue weighted by molar-refractivity contribution is 5.60. The number of ether oxygens (including phenoxy) is 1. The third-order valence-corrected chi connectivity index (χ3v) is 1.32. The Morgan fingerprint density at radius 3 is 1.69 bits per heavy atom. The minimum Gasteiger partial charge on any atom is -0.462 e. The zero-order chi connectivity index (χ0) is 9.90. The summed E-state index contributed by atoms with van der Waals surface area (Å²) in [5.74, 6) is 0. The highest BCUT2D eigenvalue weighted by atomic mass is 16.5. The zero-order valence-electron chi connectivity index (χ0n) is 7.94. The second kappa shape index (κ2) is 3.51. The van der Waals surface area contributed by atoms with Gasteiger partial charge in [0.15, 0.2) is 0 Å². The zero-order valence-corrected chi connectivity index (χ0v) is 7.94. The predicted molar refractivity (Wildman–Crippen MR) is 47.9 cm³/mol. The number of hydrogen-bond donors (Lipinski definition) is 0. The molecule has 0 amide bonds. The summed E-state index contributed by atoms with van der Waals surface area (Å²) < 4.78 is 4.55. The molecule has 2 heterocycles. The SMILES string of the molecule is CC(C)(C)OC=O.c1nc2cnc1-2.